The van der Waals surface area contributed by atoms with Gasteiger partial charge in [0.25, 0.3) is 0 Å². The Bertz CT molecular complexity index is 1000. The highest BCUT2D eigenvalue weighted by Gasteiger charge is 2.44. The molecular formula is C12H18FN5O9P2. The minimum atomic E-state index is -4.81. The number of nitrogen functional groups attached to an aromatic ring is 1. The number of hydrogen-bond donors (Lipinski definition) is 6. The zero-order chi connectivity index (χ0) is 21.6. The predicted molar refractivity (Wildman–Crippen MR) is 93.1 cm³/mol. The van der Waals surface area contributed by atoms with E-state index in [2.05, 4.69) is 19.5 Å². The first-order valence-electron chi connectivity index (χ1n) is 8.03. The molecule has 3 heterocycles. The molecule has 29 heavy (non-hydrogen) atoms. The fourth-order valence-corrected chi connectivity index (χ4v) is 5.41. The number of aliphatic hydroxyl groups is 2. The minimum Gasteiger partial charge on any atom is -0.388 e. The van der Waals surface area contributed by atoms with Crippen molar-refractivity contribution in [3.63, 3.8) is 0 Å². The molecule has 2 aromatic rings. The largest absolute Gasteiger partial charge is 0.388 e. The summed E-state index contributed by atoms with van der Waals surface area (Å²) < 4.78 is 47.3. The summed E-state index contributed by atoms with van der Waals surface area (Å²) in [6.45, 7) is -0.850. The molecule has 3 rings (SSSR count). The van der Waals surface area contributed by atoms with E-state index < -0.39 is 58.2 Å². The zero-order valence-corrected chi connectivity index (χ0v) is 16.3. The number of aliphatic hydroxyl groups excluding tert-OH is 2. The Morgan fingerprint density at radius 2 is 1.86 bits per heavy atom. The molecule has 5 atom stereocenters. The summed E-state index contributed by atoms with van der Waals surface area (Å²) >= 11 is 0. The van der Waals surface area contributed by atoms with Crippen molar-refractivity contribution in [1.82, 2.24) is 19.5 Å². The molecule has 0 spiro atoms. The molecule has 14 nitrogen and oxygen atoms in total. The number of fused-ring (bicyclic) bond motifs is 1. The van der Waals surface area contributed by atoms with E-state index in [1.807, 2.05) is 0 Å². The summed E-state index contributed by atoms with van der Waals surface area (Å²) in [5.41, 5.74) is 5.72. The van der Waals surface area contributed by atoms with Gasteiger partial charge >= 0.3 is 21.3 Å². The minimum absolute atomic E-state index is 0.0292. The van der Waals surface area contributed by atoms with Crippen LogP contribution in [-0.4, -0.2) is 81.3 Å². The van der Waals surface area contributed by atoms with E-state index in [0.717, 1.165) is 0 Å². The molecule has 0 aliphatic carbocycles. The van der Waals surface area contributed by atoms with Crippen molar-refractivity contribution in [1.29, 1.82) is 0 Å². The van der Waals surface area contributed by atoms with Crippen molar-refractivity contribution >= 4 is 32.2 Å². The summed E-state index contributed by atoms with van der Waals surface area (Å²) in [5, 5.41) is 20.2. The summed E-state index contributed by atoms with van der Waals surface area (Å²) in [4.78, 5) is 37.9. The van der Waals surface area contributed by atoms with Crippen LogP contribution in [0.15, 0.2) is 6.33 Å². The number of rotatable bonds is 7. The van der Waals surface area contributed by atoms with Crippen molar-refractivity contribution in [2.45, 2.75) is 31.0 Å². The molecule has 1 aliphatic heterocycles. The van der Waals surface area contributed by atoms with Crippen LogP contribution in [0.5, 0.6) is 0 Å². The lowest BCUT2D eigenvalue weighted by molar-refractivity contribution is -0.0224. The second kappa shape index (κ2) is 7.95. The average Bonchev–Trinajstić information content (AvgIpc) is 3.08. The summed E-state index contributed by atoms with van der Waals surface area (Å²) in [6, 6.07) is 0. The van der Waals surface area contributed by atoms with Crippen molar-refractivity contribution < 1.29 is 47.7 Å². The van der Waals surface area contributed by atoms with Crippen molar-refractivity contribution in [2.24, 2.45) is 0 Å². The lowest BCUT2D eigenvalue weighted by atomic mass is 10.1. The van der Waals surface area contributed by atoms with Crippen molar-refractivity contribution in [3.05, 3.63) is 12.4 Å². The highest BCUT2D eigenvalue weighted by Crippen LogP contribution is 2.55. The number of halogens is 1. The number of nitrogens with two attached hydrogens (primary N) is 1. The Balaban J connectivity index is 1.69. The first-order valence-corrected chi connectivity index (χ1v) is 11.6. The Morgan fingerprint density at radius 3 is 2.52 bits per heavy atom. The van der Waals surface area contributed by atoms with Crippen molar-refractivity contribution in [2.75, 3.05) is 18.2 Å². The maximum Gasteiger partial charge on any atom is 0.340 e. The SMILES string of the molecule is Nc1nc(F)nc2c1ncn2C[C@@H]1O[C@H](COP(=O)(O)CP(=O)(O)O)[C@@H](O)[C@@H]1O. The Hall–Kier alpha value is -1.54. The van der Waals surface area contributed by atoms with E-state index in [1.54, 1.807) is 0 Å². The van der Waals surface area contributed by atoms with Crippen LogP contribution in [0, 0.1) is 6.08 Å². The van der Waals surface area contributed by atoms with Crippen LogP contribution in [-0.2, 0) is 24.9 Å². The van der Waals surface area contributed by atoms with Crippen LogP contribution in [0.2, 0.25) is 0 Å². The van der Waals surface area contributed by atoms with Gasteiger partial charge in [-0.3, -0.25) is 9.13 Å². The van der Waals surface area contributed by atoms with Gasteiger partial charge in [-0.2, -0.15) is 14.4 Å². The summed E-state index contributed by atoms with van der Waals surface area (Å²) in [5.74, 6) is -1.59. The number of imidazole rings is 1. The number of aromatic nitrogens is 4. The third-order valence-electron chi connectivity index (χ3n) is 4.11. The van der Waals surface area contributed by atoms with Crippen LogP contribution in [0.4, 0.5) is 10.2 Å². The standard InChI is InChI=1S/C12H18FN5O9P2/c13-12-16-10(14)7-11(17-12)18(3-15-7)1-5-8(19)9(20)6(27-5)2-26-29(24,25)4-28(21,22)23/h3,5-6,8-9,19-20H,1-2,4H2,(H,24,25)(H2,14,16,17)(H2,21,22,23)/t5-,6+,8+,9+/m0/s1. The Kier molecular flexibility index (Phi) is 6.07. The Morgan fingerprint density at radius 1 is 1.21 bits per heavy atom. The lowest BCUT2D eigenvalue weighted by Gasteiger charge is -2.18. The van der Waals surface area contributed by atoms with E-state index in [-0.39, 0.29) is 23.5 Å². The summed E-state index contributed by atoms with van der Waals surface area (Å²) in [7, 11) is -9.47. The van der Waals surface area contributed by atoms with Gasteiger partial charge in [0.1, 0.15) is 29.9 Å². The van der Waals surface area contributed by atoms with E-state index >= 15 is 0 Å². The monoisotopic (exact) mass is 457 g/mol. The first kappa shape index (κ1) is 22.2. The number of ether oxygens (including phenoxy) is 1. The molecule has 1 unspecified atom stereocenters. The fraction of sp³-hybridized carbons (Fsp3) is 0.583. The summed E-state index contributed by atoms with van der Waals surface area (Å²) in [6.07, 6.45) is -5.14. The van der Waals surface area contributed by atoms with Gasteiger partial charge < -0.3 is 44.5 Å². The highest BCUT2D eigenvalue weighted by molar-refractivity contribution is 7.70. The van der Waals surface area contributed by atoms with Gasteiger partial charge in [0, 0.05) is 0 Å². The molecule has 1 aliphatic rings. The normalized spacial score (nSPS) is 27.4. The van der Waals surface area contributed by atoms with Crippen LogP contribution in [0.3, 0.4) is 0 Å². The van der Waals surface area contributed by atoms with E-state index in [4.69, 9.17) is 20.3 Å². The number of anilines is 1. The molecule has 0 bridgehead atoms. The van der Waals surface area contributed by atoms with Gasteiger partial charge in [0.15, 0.2) is 17.4 Å². The fourth-order valence-electron chi connectivity index (χ4n) is 2.84. The number of hydrogen-bond acceptors (Lipinski definition) is 10. The maximum absolute atomic E-state index is 13.4. The van der Waals surface area contributed by atoms with Crippen LogP contribution < -0.4 is 5.73 Å². The first-order chi connectivity index (χ1) is 13.4. The zero-order valence-electron chi connectivity index (χ0n) is 14.5. The van der Waals surface area contributed by atoms with Gasteiger partial charge in [0.05, 0.1) is 19.5 Å². The quantitative estimate of drug-likeness (QED) is 0.203. The molecule has 2 aromatic heterocycles. The maximum atomic E-state index is 13.4. The molecule has 0 amide bonds. The molecular weight excluding hydrogens is 439 g/mol. The smallest absolute Gasteiger partial charge is 0.340 e. The molecule has 162 valence electrons. The van der Waals surface area contributed by atoms with Gasteiger partial charge in [-0.1, -0.05) is 0 Å². The van der Waals surface area contributed by atoms with Crippen LogP contribution >= 0.6 is 15.2 Å². The molecule has 1 saturated heterocycles. The van der Waals surface area contributed by atoms with E-state index in [9.17, 15) is 28.6 Å². The topological polar surface area (TPSA) is 223 Å². The molecule has 17 heteroatoms. The van der Waals surface area contributed by atoms with Gasteiger partial charge in [-0.05, 0) is 0 Å². The predicted octanol–water partition coefficient (Wildman–Crippen LogP) is -1.63. The Labute approximate surface area is 161 Å². The molecule has 0 saturated carbocycles. The average molecular weight is 457 g/mol. The highest BCUT2D eigenvalue weighted by atomic mass is 31.2. The van der Waals surface area contributed by atoms with Crippen molar-refractivity contribution in [3.8, 4) is 0 Å². The van der Waals surface area contributed by atoms with Crippen LogP contribution in [0.1, 0.15) is 0 Å². The van der Waals surface area contributed by atoms with Gasteiger partial charge in [-0.15, -0.1) is 0 Å². The second-order valence-electron chi connectivity index (χ2n) is 6.38. The van der Waals surface area contributed by atoms with Crippen LogP contribution in [0.25, 0.3) is 11.2 Å². The molecule has 0 aromatic carbocycles. The second-order valence-corrected chi connectivity index (χ2v) is 10.4. The lowest BCUT2D eigenvalue weighted by Crippen LogP contribution is -2.35. The third kappa shape index (κ3) is 5.15. The molecule has 1 fully saturated rings. The molecule has 7 N–H and O–H groups in total. The van der Waals surface area contributed by atoms with Gasteiger partial charge in [0.2, 0.25) is 0 Å². The third-order valence-corrected chi connectivity index (χ3v) is 7.56. The van der Waals surface area contributed by atoms with E-state index in [1.165, 1.54) is 10.9 Å². The van der Waals surface area contributed by atoms with E-state index in [0.29, 0.717) is 0 Å². The van der Waals surface area contributed by atoms with Gasteiger partial charge in [-0.25, -0.2) is 4.98 Å². The number of nitrogens with zero attached hydrogens (tertiary/aromatic N) is 4. The molecule has 0 radical (unpaired) electrons.